The number of non-ortho nitro benzene ring substituents is 1. The lowest BCUT2D eigenvalue weighted by Crippen LogP contribution is -2.25. The van der Waals surface area contributed by atoms with Gasteiger partial charge in [-0.2, -0.15) is 0 Å². The number of nitrogens with zero attached hydrogens (tertiary/aromatic N) is 2. The number of hydrogen-bond acceptors (Lipinski definition) is 5. The third-order valence-corrected chi connectivity index (χ3v) is 4.71. The predicted molar refractivity (Wildman–Crippen MR) is 115 cm³/mol. The van der Waals surface area contributed by atoms with Crippen LogP contribution in [0.2, 0.25) is 0 Å². The van der Waals surface area contributed by atoms with Crippen LogP contribution in [-0.2, 0) is 6.54 Å². The van der Waals surface area contributed by atoms with Crippen LogP contribution in [0.4, 0.5) is 5.69 Å². The molecule has 0 spiro atoms. The van der Waals surface area contributed by atoms with E-state index in [-0.39, 0.29) is 23.1 Å². The van der Waals surface area contributed by atoms with Crippen LogP contribution in [0.25, 0.3) is 10.9 Å². The summed E-state index contributed by atoms with van der Waals surface area (Å²) in [6, 6.07) is 4.56. The van der Waals surface area contributed by atoms with Crippen molar-refractivity contribution in [3.05, 3.63) is 38.7 Å². The Morgan fingerprint density at radius 3 is 2.41 bits per heavy atom. The second kappa shape index (κ2) is 10.8. The molecule has 0 N–H and O–H groups in total. The molecule has 0 fully saturated rings. The summed E-state index contributed by atoms with van der Waals surface area (Å²) in [6.45, 7) is 8.85. The first-order valence-corrected chi connectivity index (χ1v) is 10.5. The highest BCUT2D eigenvalue weighted by molar-refractivity contribution is 5.89. The van der Waals surface area contributed by atoms with E-state index < -0.39 is 4.92 Å². The molecule has 2 rings (SSSR count). The molecule has 0 aliphatic heterocycles. The summed E-state index contributed by atoms with van der Waals surface area (Å²) in [4.78, 5) is 24.1. The fourth-order valence-corrected chi connectivity index (χ4v) is 3.22. The van der Waals surface area contributed by atoms with Gasteiger partial charge in [0.05, 0.1) is 23.2 Å². The number of pyridine rings is 1. The molecule has 29 heavy (non-hydrogen) atoms. The zero-order valence-corrected chi connectivity index (χ0v) is 17.9. The molecule has 1 aromatic carbocycles. The Labute approximate surface area is 171 Å². The van der Waals surface area contributed by atoms with E-state index in [1.54, 1.807) is 10.6 Å². The van der Waals surface area contributed by atoms with Crippen molar-refractivity contribution in [1.29, 1.82) is 0 Å². The monoisotopic (exact) mass is 404 g/mol. The van der Waals surface area contributed by atoms with E-state index in [1.165, 1.54) is 12.1 Å². The molecule has 2 aromatic rings. The quantitative estimate of drug-likeness (QED) is 0.267. The molecule has 0 atom stereocenters. The minimum absolute atomic E-state index is 0.0476. The number of rotatable bonds is 12. The summed E-state index contributed by atoms with van der Waals surface area (Å²) < 4.78 is 13.5. The lowest BCUT2D eigenvalue weighted by Gasteiger charge is -2.20. The Kier molecular flexibility index (Phi) is 8.49. The fourth-order valence-electron chi connectivity index (χ4n) is 3.22. The highest BCUT2D eigenvalue weighted by Crippen LogP contribution is 2.35. The average molecular weight is 405 g/mol. The van der Waals surface area contributed by atoms with Crippen molar-refractivity contribution < 1.29 is 14.4 Å². The first-order valence-electron chi connectivity index (χ1n) is 10.5. The maximum atomic E-state index is 13.2. The maximum absolute atomic E-state index is 13.2. The molecule has 0 bridgehead atoms. The number of aryl methyl sites for hydroxylation is 1. The van der Waals surface area contributed by atoms with E-state index >= 15 is 0 Å². The molecule has 0 amide bonds. The Morgan fingerprint density at radius 2 is 1.79 bits per heavy atom. The number of nitro benzene ring substituents is 1. The molecule has 7 nitrogen and oxygen atoms in total. The average Bonchev–Trinajstić information content (AvgIpc) is 2.68. The van der Waals surface area contributed by atoms with Gasteiger partial charge in [-0.05, 0) is 32.8 Å². The van der Waals surface area contributed by atoms with Crippen LogP contribution in [0.5, 0.6) is 11.5 Å². The van der Waals surface area contributed by atoms with Gasteiger partial charge in [-0.15, -0.1) is 0 Å². The van der Waals surface area contributed by atoms with E-state index in [0.29, 0.717) is 29.8 Å². The van der Waals surface area contributed by atoms with Gasteiger partial charge < -0.3 is 14.0 Å². The van der Waals surface area contributed by atoms with Gasteiger partial charge in [-0.3, -0.25) is 14.9 Å². The minimum atomic E-state index is -0.447. The topological polar surface area (TPSA) is 83.6 Å². The number of nitro groups is 1. The van der Waals surface area contributed by atoms with Crippen LogP contribution in [0.1, 0.15) is 66.2 Å². The standard InChI is InChI=1S/C22H32N2O5/c1-5-7-9-10-14-28-20-18-12-11-17(24(26)27)15-19(18)23(13-8-6-2)22(25)21(20)29-16(3)4/h11-12,15-16H,5-10,13-14H2,1-4H3. The van der Waals surface area contributed by atoms with Crippen LogP contribution < -0.4 is 15.0 Å². The van der Waals surface area contributed by atoms with Gasteiger partial charge in [-0.25, -0.2) is 0 Å². The van der Waals surface area contributed by atoms with Crippen LogP contribution in [0.15, 0.2) is 23.0 Å². The van der Waals surface area contributed by atoms with Gasteiger partial charge in [0, 0.05) is 24.1 Å². The summed E-state index contributed by atoms with van der Waals surface area (Å²) in [5.41, 5.74) is 0.162. The van der Waals surface area contributed by atoms with Crippen molar-refractivity contribution in [2.24, 2.45) is 0 Å². The highest BCUT2D eigenvalue weighted by atomic mass is 16.6. The Hall–Kier alpha value is -2.57. The molecule has 7 heteroatoms. The number of aromatic nitrogens is 1. The molecule has 0 aliphatic carbocycles. The molecule has 0 radical (unpaired) electrons. The predicted octanol–water partition coefficient (Wildman–Crippen LogP) is 5.46. The Morgan fingerprint density at radius 1 is 1.07 bits per heavy atom. The molecular formula is C22H32N2O5. The summed E-state index contributed by atoms with van der Waals surface area (Å²) in [5.74, 6) is 0.575. The van der Waals surface area contributed by atoms with Crippen molar-refractivity contribution in [2.45, 2.75) is 78.9 Å². The van der Waals surface area contributed by atoms with Crippen molar-refractivity contribution in [3.63, 3.8) is 0 Å². The van der Waals surface area contributed by atoms with E-state index in [4.69, 9.17) is 9.47 Å². The number of unbranched alkanes of at least 4 members (excludes halogenated alkanes) is 4. The third-order valence-electron chi connectivity index (χ3n) is 4.71. The van der Waals surface area contributed by atoms with Gasteiger partial charge in [0.25, 0.3) is 11.2 Å². The highest BCUT2D eigenvalue weighted by Gasteiger charge is 2.22. The second-order valence-electron chi connectivity index (χ2n) is 7.50. The summed E-state index contributed by atoms with van der Waals surface area (Å²) in [7, 11) is 0. The lowest BCUT2D eigenvalue weighted by molar-refractivity contribution is -0.384. The van der Waals surface area contributed by atoms with Gasteiger partial charge >= 0.3 is 0 Å². The number of hydrogen-bond donors (Lipinski definition) is 0. The molecule has 0 saturated heterocycles. The van der Waals surface area contributed by atoms with Crippen LogP contribution in [-0.4, -0.2) is 22.2 Å². The Balaban J connectivity index is 2.62. The molecule has 160 valence electrons. The van der Waals surface area contributed by atoms with Gasteiger partial charge in [-0.1, -0.05) is 39.5 Å². The molecule has 0 saturated carbocycles. The minimum Gasteiger partial charge on any atom is -0.489 e. The van der Waals surface area contributed by atoms with Crippen LogP contribution >= 0.6 is 0 Å². The smallest absolute Gasteiger partial charge is 0.297 e. The van der Waals surface area contributed by atoms with Gasteiger partial charge in [0.1, 0.15) is 0 Å². The fraction of sp³-hybridized carbons (Fsp3) is 0.591. The van der Waals surface area contributed by atoms with E-state index in [9.17, 15) is 14.9 Å². The van der Waals surface area contributed by atoms with Crippen LogP contribution in [0.3, 0.4) is 0 Å². The van der Waals surface area contributed by atoms with E-state index in [1.807, 2.05) is 20.8 Å². The van der Waals surface area contributed by atoms with Gasteiger partial charge in [0.15, 0.2) is 5.75 Å². The number of ether oxygens (including phenoxy) is 2. The lowest BCUT2D eigenvalue weighted by atomic mass is 10.1. The molecule has 0 aliphatic rings. The zero-order chi connectivity index (χ0) is 21.4. The first-order chi connectivity index (χ1) is 13.9. The zero-order valence-electron chi connectivity index (χ0n) is 17.9. The van der Waals surface area contributed by atoms with Crippen molar-refractivity contribution in [2.75, 3.05) is 6.61 Å². The van der Waals surface area contributed by atoms with Crippen molar-refractivity contribution in [3.8, 4) is 11.5 Å². The molecule has 1 heterocycles. The number of benzene rings is 1. The van der Waals surface area contributed by atoms with E-state index in [0.717, 1.165) is 38.5 Å². The maximum Gasteiger partial charge on any atom is 0.297 e. The summed E-state index contributed by atoms with van der Waals surface area (Å²) >= 11 is 0. The van der Waals surface area contributed by atoms with Crippen molar-refractivity contribution in [1.82, 2.24) is 4.57 Å². The third kappa shape index (κ3) is 5.71. The van der Waals surface area contributed by atoms with E-state index in [2.05, 4.69) is 6.92 Å². The second-order valence-corrected chi connectivity index (χ2v) is 7.50. The normalized spacial score (nSPS) is 11.2. The SMILES string of the molecule is CCCCCCOc1c(OC(C)C)c(=O)n(CCCC)c2cc([N+](=O)[O-])ccc12. The first kappa shape index (κ1) is 22.7. The van der Waals surface area contributed by atoms with Gasteiger partial charge in [0.2, 0.25) is 5.75 Å². The summed E-state index contributed by atoms with van der Waals surface area (Å²) in [6.07, 6.45) is 5.68. The van der Waals surface area contributed by atoms with Crippen LogP contribution in [0, 0.1) is 10.1 Å². The molecule has 0 unspecified atom stereocenters. The van der Waals surface area contributed by atoms with Crippen molar-refractivity contribution >= 4 is 16.6 Å². The number of fused-ring (bicyclic) bond motifs is 1. The molecular weight excluding hydrogens is 372 g/mol. The Bertz CT molecular complexity index is 889. The summed E-state index contributed by atoms with van der Waals surface area (Å²) in [5, 5.41) is 12.0. The largest absolute Gasteiger partial charge is 0.489 e. The molecule has 1 aromatic heterocycles.